The molecule has 0 heterocycles. The average molecular weight is 250 g/mol. The Kier molecular flexibility index (Phi) is 5.65. The minimum absolute atomic E-state index is 0.0213. The van der Waals surface area contributed by atoms with Crippen LogP contribution in [0.5, 0.6) is 5.75 Å². The molecule has 0 aliphatic heterocycles. The van der Waals surface area contributed by atoms with Gasteiger partial charge in [0.25, 0.3) is 0 Å². The van der Waals surface area contributed by atoms with E-state index in [-0.39, 0.29) is 17.9 Å². The Balaban J connectivity index is 2.48. The highest BCUT2D eigenvalue weighted by molar-refractivity contribution is 5.78. The zero-order valence-corrected chi connectivity index (χ0v) is 11.3. The molecular formula is C14H22N2O2. The summed E-state index contributed by atoms with van der Waals surface area (Å²) in [5.41, 5.74) is 6.54. The van der Waals surface area contributed by atoms with Crippen LogP contribution in [-0.4, -0.2) is 25.6 Å². The van der Waals surface area contributed by atoms with Gasteiger partial charge in [-0.25, -0.2) is 0 Å². The summed E-state index contributed by atoms with van der Waals surface area (Å²) in [6.45, 7) is 4.58. The molecule has 0 spiro atoms. The number of nitrogens with two attached hydrogens (primary N) is 1. The quantitative estimate of drug-likeness (QED) is 0.800. The molecule has 1 rings (SSSR count). The Morgan fingerprint density at radius 3 is 2.44 bits per heavy atom. The summed E-state index contributed by atoms with van der Waals surface area (Å²) in [4.78, 5) is 11.8. The van der Waals surface area contributed by atoms with Gasteiger partial charge in [-0.2, -0.15) is 0 Å². The lowest BCUT2D eigenvalue weighted by Gasteiger charge is -2.19. The van der Waals surface area contributed by atoms with Crippen molar-refractivity contribution in [1.29, 1.82) is 0 Å². The molecule has 1 aromatic rings. The number of ether oxygens (including phenoxy) is 1. The largest absolute Gasteiger partial charge is 0.497 e. The van der Waals surface area contributed by atoms with Gasteiger partial charge < -0.3 is 15.8 Å². The van der Waals surface area contributed by atoms with E-state index in [0.717, 1.165) is 11.3 Å². The van der Waals surface area contributed by atoms with E-state index in [4.69, 9.17) is 10.5 Å². The molecule has 3 N–H and O–H groups in total. The van der Waals surface area contributed by atoms with Crippen molar-refractivity contribution < 1.29 is 9.53 Å². The van der Waals surface area contributed by atoms with Crippen molar-refractivity contribution in [2.45, 2.75) is 26.3 Å². The third kappa shape index (κ3) is 4.37. The molecule has 4 heteroatoms. The van der Waals surface area contributed by atoms with Crippen molar-refractivity contribution in [3.8, 4) is 5.75 Å². The first kappa shape index (κ1) is 14.5. The smallest absolute Gasteiger partial charge is 0.224 e. The van der Waals surface area contributed by atoms with Crippen LogP contribution in [0.3, 0.4) is 0 Å². The van der Waals surface area contributed by atoms with Crippen LogP contribution in [-0.2, 0) is 11.2 Å². The first-order chi connectivity index (χ1) is 8.56. The van der Waals surface area contributed by atoms with E-state index in [0.29, 0.717) is 13.0 Å². The van der Waals surface area contributed by atoms with E-state index in [1.54, 1.807) is 7.11 Å². The average Bonchev–Trinajstić information content (AvgIpc) is 2.38. The van der Waals surface area contributed by atoms with Gasteiger partial charge in [0.2, 0.25) is 5.91 Å². The fraction of sp³-hybridized carbons (Fsp3) is 0.500. The second kappa shape index (κ2) is 7.01. The highest BCUT2D eigenvalue weighted by atomic mass is 16.5. The lowest BCUT2D eigenvalue weighted by atomic mass is 10.0. The van der Waals surface area contributed by atoms with Crippen molar-refractivity contribution in [2.24, 2.45) is 11.7 Å². The summed E-state index contributed by atoms with van der Waals surface area (Å²) in [5.74, 6) is 1.10. The summed E-state index contributed by atoms with van der Waals surface area (Å²) >= 11 is 0. The molecule has 0 saturated heterocycles. The first-order valence-corrected chi connectivity index (χ1v) is 6.19. The van der Waals surface area contributed by atoms with Gasteiger partial charge in [0.05, 0.1) is 13.5 Å². The molecule has 1 aromatic carbocycles. The maximum Gasteiger partial charge on any atom is 0.224 e. The van der Waals surface area contributed by atoms with E-state index in [2.05, 4.69) is 5.32 Å². The summed E-state index contributed by atoms with van der Waals surface area (Å²) < 4.78 is 5.07. The van der Waals surface area contributed by atoms with E-state index in [9.17, 15) is 4.79 Å². The number of nitrogens with one attached hydrogen (secondary N) is 1. The van der Waals surface area contributed by atoms with Gasteiger partial charge in [0.15, 0.2) is 0 Å². The number of carbonyl (C=O) groups is 1. The third-order valence-corrected chi connectivity index (χ3v) is 3.14. The zero-order valence-electron chi connectivity index (χ0n) is 11.3. The number of rotatable bonds is 6. The van der Waals surface area contributed by atoms with Crippen LogP contribution >= 0.6 is 0 Å². The minimum Gasteiger partial charge on any atom is -0.497 e. The number of hydrogen-bond acceptors (Lipinski definition) is 3. The number of methoxy groups -OCH3 is 1. The van der Waals surface area contributed by atoms with Crippen molar-refractivity contribution in [3.63, 3.8) is 0 Å². The third-order valence-electron chi connectivity index (χ3n) is 3.14. The molecule has 0 fully saturated rings. The van der Waals surface area contributed by atoms with Crippen LogP contribution in [0.1, 0.15) is 19.4 Å². The van der Waals surface area contributed by atoms with Crippen LogP contribution in [0.25, 0.3) is 0 Å². The van der Waals surface area contributed by atoms with Crippen LogP contribution < -0.4 is 15.8 Å². The second-order valence-corrected chi connectivity index (χ2v) is 4.59. The molecular weight excluding hydrogens is 228 g/mol. The Morgan fingerprint density at radius 2 is 1.94 bits per heavy atom. The molecule has 0 aliphatic rings. The molecule has 2 atom stereocenters. The fourth-order valence-electron chi connectivity index (χ4n) is 1.58. The Labute approximate surface area is 109 Å². The van der Waals surface area contributed by atoms with Gasteiger partial charge in [-0.05, 0) is 37.1 Å². The number of benzene rings is 1. The summed E-state index contributed by atoms with van der Waals surface area (Å²) in [6, 6.07) is 7.61. The lowest BCUT2D eigenvalue weighted by Crippen LogP contribution is -2.40. The fourth-order valence-corrected chi connectivity index (χ4v) is 1.58. The highest BCUT2D eigenvalue weighted by Gasteiger charge is 2.13. The maximum absolute atomic E-state index is 11.8. The van der Waals surface area contributed by atoms with Gasteiger partial charge in [-0.15, -0.1) is 0 Å². The van der Waals surface area contributed by atoms with Gasteiger partial charge >= 0.3 is 0 Å². The van der Waals surface area contributed by atoms with E-state index in [1.165, 1.54) is 0 Å². The van der Waals surface area contributed by atoms with Gasteiger partial charge in [-0.3, -0.25) is 4.79 Å². The van der Waals surface area contributed by atoms with Crippen LogP contribution in [0, 0.1) is 5.92 Å². The lowest BCUT2D eigenvalue weighted by molar-refractivity contribution is -0.121. The normalized spacial score (nSPS) is 13.8. The van der Waals surface area contributed by atoms with Gasteiger partial charge in [0.1, 0.15) is 5.75 Å². The van der Waals surface area contributed by atoms with Crippen molar-refractivity contribution in [2.75, 3.05) is 13.7 Å². The molecule has 100 valence electrons. The molecule has 4 nitrogen and oxygen atoms in total. The monoisotopic (exact) mass is 250 g/mol. The van der Waals surface area contributed by atoms with Crippen LogP contribution in [0.4, 0.5) is 0 Å². The van der Waals surface area contributed by atoms with Gasteiger partial charge in [-0.1, -0.05) is 19.1 Å². The molecule has 0 radical (unpaired) electrons. The second-order valence-electron chi connectivity index (χ2n) is 4.59. The van der Waals surface area contributed by atoms with E-state index in [1.807, 2.05) is 38.1 Å². The van der Waals surface area contributed by atoms with Crippen LogP contribution in [0.15, 0.2) is 24.3 Å². The molecule has 18 heavy (non-hydrogen) atoms. The topological polar surface area (TPSA) is 64.3 Å². The summed E-state index contributed by atoms with van der Waals surface area (Å²) in [6.07, 6.45) is 0.381. The summed E-state index contributed by atoms with van der Waals surface area (Å²) in [7, 11) is 1.62. The molecule has 0 bridgehead atoms. The minimum atomic E-state index is 0.0213. The number of hydrogen-bond donors (Lipinski definition) is 2. The Bertz CT molecular complexity index is 376. The number of amides is 1. The standard InChI is InChI=1S/C14H22N2O2/c1-10(9-15)11(2)16-14(17)8-12-4-6-13(18-3)7-5-12/h4-7,10-11H,8-9,15H2,1-3H3,(H,16,17). The highest BCUT2D eigenvalue weighted by Crippen LogP contribution is 2.11. The Morgan fingerprint density at radius 1 is 1.33 bits per heavy atom. The van der Waals surface area contributed by atoms with E-state index < -0.39 is 0 Å². The predicted octanol–water partition coefficient (Wildman–Crippen LogP) is 1.34. The molecule has 0 saturated carbocycles. The van der Waals surface area contributed by atoms with Crippen molar-refractivity contribution in [3.05, 3.63) is 29.8 Å². The summed E-state index contributed by atoms with van der Waals surface area (Å²) in [5, 5.41) is 2.96. The maximum atomic E-state index is 11.8. The van der Waals surface area contributed by atoms with Crippen molar-refractivity contribution in [1.82, 2.24) is 5.32 Å². The first-order valence-electron chi connectivity index (χ1n) is 6.19. The Hall–Kier alpha value is -1.55. The SMILES string of the molecule is COc1ccc(CC(=O)NC(C)C(C)CN)cc1. The molecule has 0 aliphatic carbocycles. The van der Waals surface area contributed by atoms with E-state index >= 15 is 0 Å². The molecule has 2 unspecified atom stereocenters. The molecule has 1 amide bonds. The molecule has 0 aromatic heterocycles. The van der Waals surface area contributed by atoms with Crippen molar-refractivity contribution >= 4 is 5.91 Å². The van der Waals surface area contributed by atoms with Crippen LogP contribution in [0.2, 0.25) is 0 Å². The predicted molar refractivity (Wildman–Crippen MR) is 72.5 cm³/mol. The van der Waals surface area contributed by atoms with Gasteiger partial charge in [0, 0.05) is 6.04 Å². The number of carbonyl (C=O) groups excluding carboxylic acids is 1. The zero-order chi connectivity index (χ0) is 13.5.